The van der Waals surface area contributed by atoms with E-state index in [0.29, 0.717) is 5.92 Å². The van der Waals surface area contributed by atoms with Crippen LogP contribution in [0.3, 0.4) is 0 Å². The Labute approximate surface area is 198 Å². The Morgan fingerprint density at radius 2 is 1.94 bits per heavy atom. The highest BCUT2D eigenvalue weighted by atomic mass is 35.5. The van der Waals surface area contributed by atoms with Gasteiger partial charge in [-0.05, 0) is 79.4 Å². The van der Waals surface area contributed by atoms with Crippen molar-refractivity contribution in [3.63, 3.8) is 0 Å². The summed E-state index contributed by atoms with van der Waals surface area (Å²) in [5, 5.41) is 3.35. The van der Waals surface area contributed by atoms with Crippen LogP contribution in [0.4, 0.5) is 4.39 Å². The van der Waals surface area contributed by atoms with Crippen LogP contribution in [0.25, 0.3) is 11.3 Å². The third-order valence-electron chi connectivity index (χ3n) is 5.38. The molecule has 0 radical (unpaired) electrons. The Morgan fingerprint density at radius 1 is 1.15 bits per heavy atom. The lowest BCUT2D eigenvalue weighted by Gasteiger charge is -2.12. The van der Waals surface area contributed by atoms with Gasteiger partial charge in [0, 0.05) is 23.9 Å². The molecule has 1 amide bonds. The standard InChI is InChI=1S/C23H23FN4O3S.ClH/c1-15-10-18(21-13-16(7-9-26-21)17-6-8-25-14-17)12-19(11-15)23(29)27-28-32(30,31)22-5-3-2-4-20(22)24;/h2-5,7,9-13,17,25,28H,6,8,14H2,1H3,(H,27,29);1H. The Hall–Kier alpha value is -2.85. The molecule has 1 aliphatic rings. The fourth-order valence-corrected chi connectivity index (χ4v) is 4.68. The number of carbonyl (C=O) groups excluding carboxylic acids is 1. The highest BCUT2D eigenvalue weighted by Gasteiger charge is 2.20. The molecule has 1 unspecified atom stereocenters. The predicted molar refractivity (Wildman–Crippen MR) is 126 cm³/mol. The second kappa shape index (κ2) is 10.4. The van der Waals surface area contributed by atoms with E-state index in [2.05, 4.69) is 15.7 Å². The lowest BCUT2D eigenvalue weighted by molar-refractivity contribution is 0.0945. The van der Waals surface area contributed by atoms with Crippen LogP contribution < -0.4 is 15.6 Å². The van der Waals surface area contributed by atoms with Crippen molar-refractivity contribution in [2.75, 3.05) is 13.1 Å². The molecule has 0 bridgehead atoms. The van der Waals surface area contributed by atoms with Crippen LogP contribution in [0.1, 0.15) is 33.8 Å². The number of sulfonamides is 1. The number of benzene rings is 2. The smallest absolute Gasteiger partial charge is 0.266 e. The van der Waals surface area contributed by atoms with E-state index in [-0.39, 0.29) is 18.0 Å². The zero-order valence-corrected chi connectivity index (χ0v) is 19.5. The molecule has 3 aromatic rings. The first kappa shape index (κ1) is 24.8. The molecule has 174 valence electrons. The van der Waals surface area contributed by atoms with Crippen molar-refractivity contribution in [3.05, 3.63) is 83.3 Å². The van der Waals surface area contributed by atoms with Gasteiger partial charge in [0.25, 0.3) is 15.9 Å². The number of aromatic nitrogens is 1. The van der Waals surface area contributed by atoms with Gasteiger partial charge in [-0.25, -0.2) is 12.8 Å². The summed E-state index contributed by atoms with van der Waals surface area (Å²) < 4.78 is 38.5. The fraction of sp³-hybridized carbons (Fsp3) is 0.217. The van der Waals surface area contributed by atoms with E-state index in [1.54, 1.807) is 18.3 Å². The molecule has 1 saturated heterocycles. The summed E-state index contributed by atoms with van der Waals surface area (Å²) in [5.41, 5.74) is 5.90. The molecule has 1 aliphatic heterocycles. The average molecular weight is 491 g/mol. The van der Waals surface area contributed by atoms with Crippen molar-refractivity contribution >= 4 is 28.3 Å². The topological polar surface area (TPSA) is 100 Å². The highest BCUT2D eigenvalue weighted by Crippen LogP contribution is 2.27. The minimum atomic E-state index is -4.26. The van der Waals surface area contributed by atoms with E-state index in [0.717, 1.165) is 48.5 Å². The maximum Gasteiger partial charge on any atom is 0.266 e. The van der Waals surface area contributed by atoms with Gasteiger partial charge in [0.1, 0.15) is 10.7 Å². The first-order chi connectivity index (χ1) is 15.3. The van der Waals surface area contributed by atoms with Gasteiger partial charge in [-0.2, -0.15) is 0 Å². The Morgan fingerprint density at radius 3 is 2.67 bits per heavy atom. The Balaban J connectivity index is 0.00000306. The molecule has 1 fully saturated rings. The van der Waals surface area contributed by atoms with Crippen LogP contribution in [0.5, 0.6) is 0 Å². The predicted octanol–water partition coefficient (Wildman–Crippen LogP) is 3.32. The first-order valence-electron chi connectivity index (χ1n) is 10.2. The number of amides is 1. The third-order valence-corrected chi connectivity index (χ3v) is 6.66. The maximum atomic E-state index is 13.8. The summed E-state index contributed by atoms with van der Waals surface area (Å²) in [7, 11) is -4.26. The average Bonchev–Trinajstić information content (AvgIpc) is 3.32. The Kier molecular flexibility index (Phi) is 7.80. The number of hydrogen-bond donors (Lipinski definition) is 3. The molecule has 1 atom stereocenters. The van der Waals surface area contributed by atoms with Crippen molar-refractivity contribution in [1.82, 2.24) is 20.6 Å². The number of halogens is 2. The van der Waals surface area contributed by atoms with Crippen LogP contribution in [-0.4, -0.2) is 32.4 Å². The fourth-order valence-electron chi connectivity index (χ4n) is 3.76. The van der Waals surface area contributed by atoms with Crippen molar-refractivity contribution in [3.8, 4) is 11.3 Å². The number of pyridine rings is 1. The third kappa shape index (κ3) is 5.75. The molecular weight excluding hydrogens is 467 g/mol. The zero-order chi connectivity index (χ0) is 22.7. The van der Waals surface area contributed by atoms with Crippen LogP contribution in [0, 0.1) is 12.7 Å². The minimum absolute atomic E-state index is 0. The largest absolute Gasteiger partial charge is 0.316 e. The van der Waals surface area contributed by atoms with Crippen LogP contribution in [0.2, 0.25) is 0 Å². The summed E-state index contributed by atoms with van der Waals surface area (Å²) in [6.07, 6.45) is 2.82. The molecule has 1 aromatic heterocycles. The molecule has 4 rings (SSSR count). The van der Waals surface area contributed by atoms with E-state index < -0.39 is 26.6 Å². The van der Waals surface area contributed by atoms with Gasteiger partial charge in [0.2, 0.25) is 0 Å². The molecule has 7 nitrogen and oxygen atoms in total. The SMILES string of the molecule is Cc1cc(C(=O)NNS(=O)(=O)c2ccccc2F)cc(-c2cc(C3CCNC3)ccn2)c1.Cl. The molecule has 0 spiro atoms. The number of hydrazine groups is 1. The van der Waals surface area contributed by atoms with Gasteiger partial charge in [0.05, 0.1) is 5.69 Å². The summed E-state index contributed by atoms with van der Waals surface area (Å²) in [6.45, 7) is 3.75. The normalized spacial score (nSPS) is 15.6. The van der Waals surface area contributed by atoms with Crippen molar-refractivity contribution in [1.29, 1.82) is 0 Å². The van der Waals surface area contributed by atoms with E-state index in [1.807, 2.05) is 30.0 Å². The molecule has 0 saturated carbocycles. The number of aryl methyl sites for hydroxylation is 1. The number of nitrogens with one attached hydrogen (secondary N) is 3. The van der Waals surface area contributed by atoms with Gasteiger partial charge in [-0.3, -0.25) is 15.2 Å². The maximum absolute atomic E-state index is 13.8. The van der Waals surface area contributed by atoms with Gasteiger partial charge < -0.3 is 5.32 Å². The van der Waals surface area contributed by atoms with E-state index in [4.69, 9.17) is 0 Å². The minimum Gasteiger partial charge on any atom is -0.316 e. The van der Waals surface area contributed by atoms with Gasteiger partial charge in [-0.1, -0.05) is 12.1 Å². The lowest BCUT2D eigenvalue weighted by Crippen LogP contribution is -2.41. The summed E-state index contributed by atoms with van der Waals surface area (Å²) >= 11 is 0. The quantitative estimate of drug-likeness (QED) is 0.460. The molecule has 2 heterocycles. The monoisotopic (exact) mass is 490 g/mol. The van der Waals surface area contributed by atoms with E-state index in [9.17, 15) is 17.6 Å². The second-order valence-corrected chi connectivity index (χ2v) is 9.39. The molecular formula is C23H24ClFN4O3S. The van der Waals surface area contributed by atoms with Crippen LogP contribution in [0.15, 0.2) is 65.7 Å². The molecule has 2 aromatic carbocycles. The van der Waals surface area contributed by atoms with Gasteiger partial charge in [0.15, 0.2) is 0 Å². The second-order valence-electron chi connectivity index (χ2n) is 7.74. The summed E-state index contributed by atoms with van der Waals surface area (Å²) in [5.74, 6) is -1.14. The van der Waals surface area contributed by atoms with Crippen molar-refractivity contribution in [2.45, 2.75) is 24.2 Å². The number of rotatable bonds is 6. The molecule has 10 heteroatoms. The van der Waals surface area contributed by atoms with Crippen molar-refractivity contribution < 1.29 is 17.6 Å². The number of hydrogen-bond acceptors (Lipinski definition) is 5. The summed E-state index contributed by atoms with van der Waals surface area (Å²) in [6, 6.07) is 14.2. The highest BCUT2D eigenvalue weighted by molar-refractivity contribution is 7.89. The first-order valence-corrected chi connectivity index (χ1v) is 11.7. The molecule has 33 heavy (non-hydrogen) atoms. The zero-order valence-electron chi connectivity index (χ0n) is 17.8. The van der Waals surface area contributed by atoms with Crippen molar-refractivity contribution in [2.24, 2.45) is 0 Å². The van der Waals surface area contributed by atoms with Gasteiger partial charge >= 0.3 is 0 Å². The number of nitrogens with zero attached hydrogens (tertiary/aromatic N) is 1. The van der Waals surface area contributed by atoms with Crippen LogP contribution >= 0.6 is 12.4 Å². The molecule has 3 N–H and O–H groups in total. The van der Waals surface area contributed by atoms with E-state index in [1.165, 1.54) is 17.7 Å². The number of carbonyl (C=O) groups is 1. The Bertz CT molecular complexity index is 1260. The molecule has 0 aliphatic carbocycles. The summed E-state index contributed by atoms with van der Waals surface area (Å²) in [4.78, 5) is 18.5. The van der Waals surface area contributed by atoms with Gasteiger partial charge in [-0.15, -0.1) is 17.2 Å². The lowest BCUT2D eigenvalue weighted by atomic mass is 9.96. The van der Waals surface area contributed by atoms with E-state index >= 15 is 0 Å². The van der Waals surface area contributed by atoms with Crippen LogP contribution in [-0.2, 0) is 10.0 Å².